The maximum atomic E-state index is 12.6. The molecule has 13 heteroatoms. The van der Waals surface area contributed by atoms with Crippen LogP contribution in [0.4, 0.5) is 0 Å². The highest BCUT2D eigenvalue weighted by Gasteiger charge is 2.29. The van der Waals surface area contributed by atoms with E-state index in [1.165, 1.54) is 21.3 Å². The number of H-pyrrole nitrogens is 5. The zero-order valence-electron chi connectivity index (χ0n) is 37.3. The maximum absolute atomic E-state index is 12.6. The second-order valence-corrected chi connectivity index (χ2v) is 16.4. The molecule has 0 radical (unpaired) electrons. The van der Waals surface area contributed by atoms with E-state index < -0.39 is 23.9 Å². The second-order valence-electron chi connectivity index (χ2n) is 16.4. The number of benzene rings is 4. The van der Waals surface area contributed by atoms with Crippen molar-refractivity contribution in [3.05, 3.63) is 260 Å². The predicted molar refractivity (Wildman–Crippen MR) is 254 cm³/mol. The number of carbonyl (C=O) groups is 4. The summed E-state index contributed by atoms with van der Waals surface area (Å²) < 4.78 is 15.0. The largest absolute Gasteiger partial charge is 0.478 e. The molecule has 4 unspecified atom stereocenters. The minimum absolute atomic E-state index is 0.199. The van der Waals surface area contributed by atoms with Gasteiger partial charge in [0.2, 0.25) is 0 Å². The van der Waals surface area contributed by atoms with Gasteiger partial charge in [-0.1, -0.05) is 48.5 Å². The molecule has 5 heterocycles. The highest BCUT2D eigenvalue weighted by atomic mass is 16.5. The van der Waals surface area contributed by atoms with E-state index in [0.717, 1.165) is 67.8 Å². The monoisotopic (exact) mass is 905 g/mol. The van der Waals surface area contributed by atoms with E-state index >= 15 is 0 Å². The van der Waals surface area contributed by atoms with Crippen molar-refractivity contribution in [2.45, 2.75) is 23.7 Å². The summed E-state index contributed by atoms with van der Waals surface area (Å²) in [5.74, 6) is -3.56. The van der Waals surface area contributed by atoms with Crippen LogP contribution in [0.1, 0.15) is 133 Å². The molecule has 0 fully saturated rings. The fourth-order valence-corrected chi connectivity index (χ4v) is 9.06. The molecule has 0 aliphatic rings. The van der Waals surface area contributed by atoms with Crippen molar-refractivity contribution in [1.29, 1.82) is 0 Å². The molecule has 6 N–H and O–H groups in total. The summed E-state index contributed by atoms with van der Waals surface area (Å²) in [4.78, 5) is 67.3. The zero-order valence-corrected chi connectivity index (χ0v) is 37.3. The number of carboxylic acids is 1. The number of aromatic carboxylic acids is 1. The van der Waals surface area contributed by atoms with Gasteiger partial charge in [0, 0.05) is 57.9 Å². The molecule has 340 valence electrons. The number of hydrogen-bond acceptors (Lipinski definition) is 7. The summed E-state index contributed by atoms with van der Waals surface area (Å²) in [5, 5.41) is 9.62. The standard InChI is InChI=1S/C55H47N5O8/c1-66-53(63)37-18-10-33(11-19-37)49(41-7-5-31-57-41)43-25-27-45(59-43)51(35-14-22-39(23-15-35)55(65)68-3)47-29-28-46(60-47)50(34-12-20-38(21-13-34)54(64)67-2)44-26-24-42(58-44)48(40-6-4-30-56-40)32-8-16-36(17-9-32)52(61)62/h4-31,48-51,56-60H,1-3H3,(H,61,62). The summed E-state index contributed by atoms with van der Waals surface area (Å²) in [5.41, 5.74) is 12.3. The number of methoxy groups -OCH3 is 3. The molecule has 68 heavy (non-hydrogen) atoms. The van der Waals surface area contributed by atoms with Crippen molar-refractivity contribution in [2.75, 3.05) is 21.3 Å². The minimum Gasteiger partial charge on any atom is -0.478 e. The molecule has 0 bridgehead atoms. The van der Waals surface area contributed by atoms with Crippen LogP contribution >= 0.6 is 0 Å². The van der Waals surface area contributed by atoms with E-state index in [-0.39, 0.29) is 29.2 Å². The van der Waals surface area contributed by atoms with Gasteiger partial charge in [-0.25, -0.2) is 19.2 Å². The molecule has 5 aromatic heterocycles. The van der Waals surface area contributed by atoms with Crippen LogP contribution in [-0.4, -0.2) is 75.2 Å². The number of rotatable bonds is 16. The van der Waals surface area contributed by atoms with Gasteiger partial charge in [0.1, 0.15) is 0 Å². The van der Waals surface area contributed by atoms with Gasteiger partial charge in [-0.2, -0.15) is 0 Å². The van der Waals surface area contributed by atoms with Gasteiger partial charge in [0.15, 0.2) is 0 Å². The van der Waals surface area contributed by atoms with Gasteiger partial charge in [-0.15, -0.1) is 0 Å². The smallest absolute Gasteiger partial charge is 0.337 e. The fraction of sp³-hybridized carbons (Fsp3) is 0.127. The Morgan fingerprint density at radius 2 is 0.603 bits per heavy atom. The minimum atomic E-state index is -0.997. The number of aromatic amines is 5. The third-order valence-electron chi connectivity index (χ3n) is 12.4. The number of aromatic nitrogens is 5. The third kappa shape index (κ3) is 8.92. The molecule has 4 aromatic carbocycles. The summed E-state index contributed by atoms with van der Waals surface area (Å²) in [6.07, 6.45) is 3.74. The fourth-order valence-electron chi connectivity index (χ4n) is 9.06. The Labute approximate surface area is 391 Å². The first kappa shape index (κ1) is 44.4. The summed E-state index contributed by atoms with van der Waals surface area (Å²) >= 11 is 0. The first-order valence-electron chi connectivity index (χ1n) is 21.8. The topological polar surface area (TPSA) is 195 Å². The van der Waals surface area contributed by atoms with E-state index in [1.807, 2.05) is 91.3 Å². The summed E-state index contributed by atoms with van der Waals surface area (Å²) in [6.45, 7) is 0. The lowest BCUT2D eigenvalue weighted by Crippen LogP contribution is -2.10. The van der Waals surface area contributed by atoms with Crippen molar-refractivity contribution in [3.63, 3.8) is 0 Å². The Balaban J connectivity index is 1.14. The average molecular weight is 906 g/mol. The third-order valence-corrected chi connectivity index (χ3v) is 12.4. The molecule has 0 spiro atoms. The Morgan fingerprint density at radius 1 is 0.353 bits per heavy atom. The highest BCUT2D eigenvalue weighted by molar-refractivity contribution is 5.90. The average Bonchev–Trinajstić information content (AvgIpc) is 4.26. The van der Waals surface area contributed by atoms with Crippen molar-refractivity contribution >= 4 is 23.9 Å². The predicted octanol–water partition coefficient (Wildman–Crippen LogP) is 10.1. The second kappa shape index (κ2) is 19.3. The Morgan fingerprint density at radius 3 is 0.824 bits per heavy atom. The van der Waals surface area contributed by atoms with Crippen molar-refractivity contribution in [1.82, 2.24) is 24.9 Å². The lowest BCUT2D eigenvalue weighted by Gasteiger charge is -2.20. The number of carboxylic acid groups (broad SMARTS) is 1. The van der Waals surface area contributed by atoms with Gasteiger partial charge < -0.3 is 44.2 Å². The molecule has 0 saturated carbocycles. The van der Waals surface area contributed by atoms with Crippen LogP contribution in [0.15, 0.2) is 170 Å². The van der Waals surface area contributed by atoms with Gasteiger partial charge in [-0.3, -0.25) is 0 Å². The molecular weight excluding hydrogens is 859 g/mol. The van der Waals surface area contributed by atoms with Gasteiger partial charge in [0.25, 0.3) is 0 Å². The highest BCUT2D eigenvalue weighted by Crippen LogP contribution is 2.40. The van der Waals surface area contributed by atoms with E-state index in [2.05, 4.69) is 55.3 Å². The summed E-state index contributed by atoms with van der Waals surface area (Å²) in [6, 6.07) is 49.3. The van der Waals surface area contributed by atoms with Crippen LogP contribution in [0, 0.1) is 0 Å². The molecule has 0 aliphatic carbocycles. The van der Waals surface area contributed by atoms with Crippen LogP contribution in [0.2, 0.25) is 0 Å². The molecule has 9 rings (SSSR count). The number of nitrogens with one attached hydrogen (secondary N) is 5. The van der Waals surface area contributed by atoms with Gasteiger partial charge in [-0.05, 0) is 131 Å². The first-order valence-corrected chi connectivity index (χ1v) is 21.8. The van der Waals surface area contributed by atoms with E-state index in [9.17, 15) is 24.3 Å². The zero-order chi connectivity index (χ0) is 47.3. The molecule has 9 aromatic rings. The lowest BCUT2D eigenvalue weighted by molar-refractivity contribution is 0.0592. The van der Waals surface area contributed by atoms with Crippen molar-refractivity contribution < 1.29 is 38.5 Å². The number of esters is 3. The van der Waals surface area contributed by atoms with Crippen LogP contribution < -0.4 is 0 Å². The molecule has 4 atom stereocenters. The molecule has 13 nitrogen and oxygen atoms in total. The molecule has 0 saturated heterocycles. The van der Waals surface area contributed by atoms with Crippen LogP contribution in [-0.2, 0) is 14.2 Å². The van der Waals surface area contributed by atoms with E-state index in [0.29, 0.717) is 16.7 Å². The Bertz CT molecular complexity index is 3160. The SMILES string of the molecule is COC(=O)c1ccc(C(c2ccc[nH]2)c2ccc(C(c3ccc(C(=O)OC)cc3)c3ccc(C(c4ccc(C(=O)OC)cc4)c4ccc(C(c5ccc(C(=O)O)cc5)c5ccc[nH]5)[nH]4)[nH]3)[nH]2)cc1. The number of hydrogen-bond donors (Lipinski definition) is 6. The van der Waals surface area contributed by atoms with Gasteiger partial charge >= 0.3 is 23.9 Å². The molecule has 0 amide bonds. The van der Waals surface area contributed by atoms with Crippen molar-refractivity contribution in [2.24, 2.45) is 0 Å². The quantitative estimate of drug-likeness (QED) is 0.0407. The summed E-state index contributed by atoms with van der Waals surface area (Å²) in [7, 11) is 4.07. The number of ether oxygens (including phenoxy) is 3. The first-order chi connectivity index (χ1) is 33.1. The molecular formula is C55H47N5O8. The normalized spacial score (nSPS) is 13.0. The number of carbonyl (C=O) groups excluding carboxylic acids is 3. The van der Waals surface area contributed by atoms with Crippen LogP contribution in [0.3, 0.4) is 0 Å². The van der Waals surface area contributed by atoms with E-state index in [4.69, 9.17) is 14.2 Å². The van der Waals surface area contributed by atoms with Gasteiger partial charge in [0.05, 0.1) is 67.3 Å². The Kier molecular flexibility index (Phi) is 12.6. The maximum Gasteiger partial charge on any atom is 0.337 e. The lowest BCUT2D eigenvalue weighted by atomic mass is 9.91. The van der Waals surface area contributed by atoms with Crippen molar-refractivity contribution in [3.8, 4) is 0 Å². The van der Waals surface area contributed by atoms with Crippen LogP contribution in [0.5, 0.6) is 0 Å². The molecule has 0 aliphatic heterocycles. The van der Waals surface area contributed by atoms with E-state index in [1.54, 1.807) is 48.5 Å². The van der Waals surface area contributed by atoms with Crippen LogP contribution in [0.25, 0.3) is 0 Å². The Hall–Kier alpha value is -8.84.